The van der Waals surface area contributed by atoms with Gasteiger partial charge < -0.3 is 0 Å². The minimum Gasteiger partial charge on any atom is -0.284 e. The average Bonchev–Trinajstić information content (AvgIpc) is 3.42. The summed E-state index contributed by atoms with van der Waals surface area (Å²) in [6.45, 7) is 0.768. The summed E-state index contributed by atoms with van der Waals surface area (Å²) in [7, 11) is 0. The van der Waals surface area contributed by atoms with E-state index < -0.39 is 0 Å². The van der Waals surface area contributed by atoms with Crippen LogP contribution in [0, 0.1) is 0 Å². The van der Waals surface area contributed by atoms with Gasteiger partial charge in [0, 0.05) is 16.7 Å². The topological polar surface area (TPSA) is 65.6 Å². The third kappa shape index (κ3) is 3.23. The number of hydrogen-bond donors (Lipinski definition) is 0. The summed E-state index contributed by atoms with van der Waals surface area (Å²) in [5, 5.41) is 5.97. The number of thiophene rings is 1. The van der Waals surface area contributed by atoms with Gasteiger partial charge in [-0.2, -0.15) is 5.10 Å². The Labute approximate surface area is 166 Å². The van der Waals surface area contributed by atoms with Crippen molar-refractivity contribution in [2.45, 2.75) is 69.1 Å². The van der Waals surface area contributed by atoms with Gasteiger partial charge in [-0.1, -0.05) is 24.6 Å². The van der Waals surface area contributed by atoms with Gasteiger partial charge in [0.15, 0.2) is 5.16 Å². The molecule has 3 aromatic heterocycles. The van der Waals surface area contributed by atoms with Gasteiger partial charge in [-0.25, -0.2) is 9.97 Å². The summed E-state index contributed by atoms with van der Waals surface area (Å²) >= 11 is 3.42. The predicted molar refractivity (Wildman–Crippen MR) is 109 cm³/mol. The Bertz CT molecular complexity index is 1000. The maximum atomic E-state index is 13.5. The lowest BCUT2D eigenvalue weighted by atomic mass is 9.97. The molecule has 5 rings (SSSR count). The number of rotatable bonds is 5. The van der Waals surface area contributed by atoms with Crippen LogP contribution in [0.2, 0.25) is 0 Å². The Hall–Kier alpha value is -1.67. The molecule has 6 nitrogen and oxygen atoms in total. The van der Waals surface area contributed by atoms with Crippen LogP contribution in [-0.2, 0) is 19.4 Å². The van der Waals surface area contributed by atoms with Crippen LogP contribution in [0.15, 0.2) is 22.6 Å². The first-order valence-corrected chi connectivity index (χ1v) is 11.6. The third-order valence-electron chi connectivity index (χ3n) is 5.70. The molecule has 0 N–H and O–H groups in total. The highest BCUT2D eigenvalue weighted by Crippen LogP contribution is 2.37. The van der Waals surface area contributed by atoms with E-state index in [1.807, 2.05) is 9.25 Å². The molecule has 0 saturated heterocycles. The molecule has 0 amide bonds. The normalized spacial score (nSPS) is 17.6. The minimum atomic E-state index is 0.203. The van der Waals surface area contributed by atoms with Gasteiger partial charge in [-0.05, 0) is 44.1 Å². The molecule has 0 spiro atoms. The molecule has 2 aliphatic rings. The van der Waals surface area contributed by atoms with Gasteiger partial charge in [-0.3, -0.25) is 14.0 Å². The fourth-order valence-electron chi connectivity index (χ4n) is 4.36. The zero-order chi connectivity index (χ0) is 18.2. The van der Waals surface area contributed by atoms with E-state index >= 15 is 0 Å². The average molecular weight is 402 g/mol. The lowest BCUT2D eigenvalue weighted by Gasteiger charge is -2.18. The molecule has 0 bridgehead atoms. The Balaban J connectivity index is 1.55. The van der Waals surface area contributed by atoms with Gasteiger partial charge in [0.05, 0.1) is 11.9 Å². The molecule has 3 heterocycles. The molecular weight excluding hydrogens is 378 g/mol. The third-order valence-corrected chi connectivity index (χ3v) is 7.82. The van der Waals surface area contributed by atoms with Crippen LogP contribution in [0.1, 0.15) is 55.0 Å². The van der Waals surface area contributed by atoms with Gasteiger partial charge in [0.25, 0.3) is 5.56 Å². The van der Waals surface area contributed by atoms with Crippen molar-refractivity contribution in [1.29, 1.82) is 0 Å². The van der Waals surface area contributed by atoms with E-state index in [-0.39, 0.29) is 5.56 Å². The molecule has 27 heavy (non-hydrogen) atoms. The van der Waals surface area contributed by atoms with Crippen LogP contribution in [0.5, 0.6) is 0 Å². The van der Waals surface area contributed by atoms with Crippen LogP contribution in [-0.4, -0.2) is 30.1 Å². The molecule has 142 valence electrons. The van der Waals surface area contributed by atoms with Crippen LogP contribution in [0.4, 0.5) is 0 Å². The fourth-order valence-corrected chi connectivity index (χ4v) is 6.66. The lowest BCUT2D eigenvalue weighted by Crippen LogP contribution is -2.27. The maximum absolute atomic E-state index is 13.5. The quantitative estimate of drug-likeness (QED) is 0.480. The summed E-state index contributed by atoms with van der Waals surface area (Å²) in [5.41, 5.74) is 1.50. The second-order valence-corrected chi connectivity index (χ2v) is 9.55. The highest BCUT2D eigenvalue weighted by molar-refractivity contribution is 7.99. The van der Waals surface area contributed by atoms with Crippen LogP contribution in [0.25, 0.3) is 10.2 Å². The first-order valence-electron chi connectivity index (χ1n) is 9.83. The predicted octanol–water partition coefficient (Wildman–Crippen LogP) is 3.84. The summed E-state index contributed by atoms with van der Waals surface area (Å²) in [4.78, 5) is 24.9. The van der Waals surface area contributed by atoms with Crippen LogP contribution in [0.3, 0.4) is 0 Å². The maximum Gasteiger partial charge on any atom is 0.263 e. The van der Waals surface area contributed by atoms with E-state index in [9.17, 15) is 4.79 Å². The fraction of sp³-hybridized carbons (Fsp3) is 0.579. The van der Waals surface area contributed by atoms with E-state index in [1.54, 1.807) is 35.8 Å². The lowest BCUT2D eigenvalue weighted by molar-refractivity contribution is 0.457. The number of hydrogen-bond acceptors (Lipinski definition) is 6. The molecular formula is C19H23N5OS2. The molecule has 0 atom stereocenters. The van der Waals surface area contributed by atoms with E-state index in [1.165, 1.54) is 36.1 Å². The standard InChI is InChI=1S/C19H23N5OS2/c25-18-16-14-7-3-4-8-15(14)27-17(16)22-19(24(18)13-5-1-2-6-13)26-10-9-23-12-20-11-21-23/h11-13H,1-10H2. The molecule has 1 fully saturated rings. The first kappa shape index (κ1) is 17.4. The van der Waals surface area contributed by atoms with Crippen molar-refractivity contribution < 1.29 is 0 Å². The molecule has 0 aromatic carbocycles. The SMILES string of the molecule is O=c1c2c3c(sc2nc(SCCn2cncn2)n1C1CCCC1)CCCC3. The van der Waals surface area contributed by atoms with Crippen molar-refractivity contribution in [3.8, 4) is 0 Å². The van der Waals surface area contributed by atoms with Crippen molar-refractivity contribution in [3.63, 3.8) is 0 Å². The Morgan fingerprint density at radius 3 is 2.85 bits per heavy atom. The largest absolute Gasteiger partial charge is 0.284 e. The summed E-state index contributed by atoms with van der Waals surface area (Å²) in [6.07, 6.45) is 12.5. The van der Waals surface area contributed by atoms with E-state index in [4.69, 9.17) is 4.98 Å². The Kier molecular flexibility index (Phi) is 4.77. The van der Waals surface area contributed by atoms with Gasteiger partial charge >= 0.3 is 0 Å². The summed E-state index contributed by atoms with van der Waals surface area (Å²) < 4.78 is 3.86. The monoisotopic (exact) mass is 401 g/mol. The first-order chi connectivity index (χ1) is 13.3. The van der Waals surface area contributed by atoms with E-state index in [0.717, 1.165) is 53.4 Å². The van der Waals surface area contributed by atoms with Gasteiger partial charge in [0.1, 0.15) is 17.5 Å². The summed E-state index contributed by atoms with van der Waals surface area (Å²) in [5.74, 6) is 0.832. The second kappa shape index (κ2) is 7.39. The molecule has 8 heteroatoms. The number of aryl methyl sites for hydroxylation is 3. The van der Waals surface area contributed by atoms with Gasteiger partial charge in [-0.15, -0.1) is 11.3 Å². The van der Waals surface area contributed by atoms with E-state index in [2.05, 4.69) is 10.1 Å². The minimum absolute atomic E-state index is 0.203. The number of thioether (sulfide) groups is 1. The Morgan fingerprint density at radius 1 is 1.19 bits per heavy atom. The molecule has 0 aliphatic heterocycles. The number of nitrogens with zero attached hydrogens (tertiary/aromatic N) is 5. The zero-order valence-electron chi connectivity index (χ0n) is 15.3. The van der Waals surface area contributed by atoms with Crippen molar-refractivity contribution >= 4 is 33.3 Å². The van der Waals surface area contributed by atoms with Crippen molar-refractivity contribution in [2.24, 2.45) is 0 Å². The van der Waals surface area contributed by atoms with E-state index in [0.29, 0.717) is 6.04 Å². The molecule has 0 unspecified atom stereocenters. The number of aromatic nitrogens is 5. The zero-order valence-corrected chi connectivity index (χ0v) is 16.9. The highest BCUT2D eigenvalue weighted by Gasteiger charge is 2.26. The highest BCUT2D eigenvalue weighted by atomic mass is 32.2. The Morgan fingerprint density at radius 2 is 2.04 bits per heavy atom. The van der Waals surface area contributed by atoms with Crippen molar-refractivity contribution in [1.82, 2.24) is 24.3 Å². The van der Waals surface area contributed by atoms with Gasteiger partial charge in [0.2, 0.25) is 0 Å². The van der Waals surface area contributed by atoms with Crippen LogP contribution < -0.4 is 5.56 Å². The molecule has 1 saturated carbocycles. The molecule has 3 aromatic rings. The summed E-state index contributed by atoms with van der Waals surface area (Å²) in [6, 6.07) is 0.308. The molecule has 2 aliphatic carbocycles. The second-order valence-electron chi connectivity index (χ2n) is 7.41. The van der Waals surface area contributed by atoms with Crippen molar-refractivity contribution in [2.75, 3.05) is 5.75 Å². The molecule has 0 radical (unpaired) electrons. The van der Waals surface area contributed by atoms with Crippen LogP contribution >= 0.6 is 23.1 Å². The number of fused-ring (bicyclic) bond motifs is 3. The van der Waals surface area contributed by atoms with Crippen molar-refractivity contribution in [3.05, 3.63) is 33.4 Å². The smallest absolute Gasteiger partial charge is 0.263 e.